The molecule has 0 saturated heterocycles. The molecular formula is C21H19FN4O6. The second kappa shape index (κ2) is 8.92. The zero-order valence-electron chi connectivity index (χ0n) is 17.4. The zero-order chi connectivity index (χ0) is 23.6. The number of aromatic nitrogens is 2. The molecule has 32 heavy (non-hydrogen) atoms. The molecule has 166 valence electrons. The molecule has 1 atom stereocenters. The van der Waals surface area contributed by atoms with Crippen LogP contribution in [0.25, 0.3) is 10.8 Å². The van der Waals surface area contributed by atoms with Crippen molar-refractivity contribution < 1.29 is 23.6 Å². The summed E-state index contributed by atoms with van der Waals surface area (Å²) in [4.78, 5) is 47.7. The fourth-order valence-corrected chi connectivity index (χ4v) is 2.95. The number of amides is 1. The number of hydrogen-bond acceptors (Lipinski definition) is 7. The Kier molecular flexibility index (Phi) is 6.28. The summed E-state index contributed by atoms with van der Waals surface area (Å²) in [6.45, 7) is 4.76. The van der Waals surface area contributed by atoms with E-state index in [1.54, 1.807) is 38.1 Å². The maximum Gasteiger partial charge on any atom is 0.360 e. The zero-order valence-corrected chi connectivity index (χ0v) is 17.4. The van der Waals surface area contributed by atoms with Crippen LogP contribution in [0.1, 0.15) is 37.3 Å². The maximum absolute atomic E-state index is 13.5. The number of benzene rings is 2. The standard InChI is InChI=1S/C21H19FN4O6/c1-11(2)25-20(28)15-7-5-4-6-14(15)18(24-25)21(29)32-12(3)19(27)23-13-8-9-16(22)17(10-13)26(30)31/h4-12H,1-3H3,(H,23,27). The minimum atomic E-state index is -1.31. The topological polar surface area (TPSA) is 133 Å². The minimum Gasteiger partial charge on any atom is -0.448 e. The van der Waals surface area contributed by atoms with E-state index in [0.29, 0.717) is 0 Å². The lowest BCUT2D eigenvalue weighted by atomic mass is 10.1. The first kappa shape index (κ1) is 22.5. The van der Waals surface area contributed by atoms with Crippen LogP contribution < -0.4 is 10.9 Å². The number of nitro groups is 1. The van der Waals surface area contributed by atoms with Gasteiger partial charge < -0.3 is 10.1 Å². The molecule has 1 amide bonds. The second-order valence-corrected chi connectivity index (χ2v) is 7.20. The average molecular weight is 442 g/mol. The Balaban J connectivity index is 1.84. The number of carbonyl (C=O) groups is 2. The summed E-state index contributed by atoms with van der Waals surface area (Å²) in [6.07, 6.45) is -1.31. The Hall–Kier alpha value is -4.15. The highest BCUT2D eigenvalue weighted by Gasteiger charge is 2.24. The highest BCUT2D eigenvalue weighted by atomic mass is 19.1. The number of fused-ring (bicyclic) bond motifs is 1. The van der Waals surface area contributed by atoms with Gasteiger partial charge in [0.25, 0.3) is 11.5 Å². The van der Waals surface area contributed by atoms with Crippen molar-refractivity contribution in [2.45, 2.75) is 32.9 Å². The van der Waals surface area contributed by atoms with Crippen LogP contribution in [-0.4, -0.2) is 32.7 Å². The third kappa shape index (κ3) is 4.46. The Bertz CT molecular complexity index is 1290. The predicted molar refractivity (Wildman–Crippen MR) is 113 cm³/mol. The fraction of sp³-hybridized carbons (Fsp3) is 0.238. The molecule has 11 heteroatoms. The van der Waals surface area contributed by atoms with E-state index in [2.05, 4.69) is 10.4 Å². The van der Waals surface area contributed by atoms with Crippen molar-refractivity contribution >= 4 is 34.0 Å². The van der Waals surface area contributed by atoms with Gasteiger partial charge in [-0.25, -0.2) is 9.48 Å². The highest BCUT2D eigenvalue weighted by molar-refractivity contribution is 6.03. The number of nitro benzene ring substituents is 1. The van der Waals surface area contributed by atoms with E-state index in [4.69, 9.17) is 4.74 Å². The predicted octanol–water partition coefficient (Wildman–Crippen LogP) is 3.21. The summed E-state index contributed by atoms with van der Waals surface area (Å²) in [7, 11) is 0. The van der Waals surface area contributed by atoms with Crippen LogP contribution in [0.15, 0.2) is 47.3 Å². The van der Waals surface area contributed by atoms with Crippen LogP contribution in [-0.2, 0) is 9.53 Å². The Morgan fingerprint density at radius 2 is 1.81 bits per heavy atom. The van der Waals surface area contributed by atoms with Gasteiger partial charge >= 0.3 is 11.7 Å². The van der Waals surface area contributed by atoms with Crippen LogP contribution >= 0.6 is 0 Å². The average Bonchev–Trinajstić information content (AvgIpc) is 2.74. The van der Waals surface area contributed by atoms with Gasteiger partial charge in [0.1, 0.15) is 0 Å². The lowest BCUT2D eigenvalue weighted by Gasteiger charge is -2.16. The lowest BCUT2D eigenvalue weighted by Crippen LogP contribution is -2.32. The van der Waals surface area contributed by atoms with Gasteiger partial charge in [0.15, 0.2) is 11.8 Å². The third-order valence-corrected chi connectivity index (χ3v) is 4.57. The fourth-order valence-electron chi connectivity index (χ4n) is 2.95. The largest absolute Gasteiger partial charge is 0.448 e. The number of carbonyl (C=O) groups excluding carboxylic acids is 2. The van der Waals surface area contributed by atoms with Crippen molar-refractivity contribution in [1.82, 2.24) is 9.78 Å². The summed E-state index contributed by atoms with van der Waals surface area (Å²) in [5.41, 5.74) is -1.34. The number of nitrogens with one attached hydrogen (secondary N) is 1. The van der Waals surface area contributed by atoms with Gasteiger partial charge in [-0.15, -0.1) is 0 Å². The number of nitrogens with zero attached hydrogens (tertiary/aromatic N) is 3. The van der Waals surface area contributed by atoms with E-state index < -0.39 is 34.4 Å². The van der Waals surface area contributed by atoms with Crippen LogP contribution in [0.5, 0.6) is 0 Å². The normalized spacial score (nSPS) is 11.9. The van der Waals surface area contributed by atoms with Gasteiger partial charge in [-0.1, -0.05) is 18.2 Å². The van der Waals surface area contributed by atoms with E-state index in [1.807, 2.05) is 0 Å². The molecule has 1 heterocycles. The van der Waals surface area contributed by atoms with Crippen molar-refractivity contribution in [3.8, 4) is 0 Å². The summed E-state index contributed by atoms with van der Waals surface area (Å²) >= 11 is 0. The summed E-state index contributed by atoms with van der Waals surface area (Å²) in [5, 5.41) is 17.9. The summed E-state index contributed by atoms with van der Waals surface area (Å²) < 4.78 is 19.8. The first-order chi connectivity index (χ1) is 15.1. The van der Waals surface area contributed by atoms with Gasteiger partial charge in [0, 0.05) is 17.1 Å². The smallest absolute Gasteiger partial charge is 0.360 e. The van der Waals surface area contributed by atoms with Gasteiger partial charge in [0.2, 0.25) is 5.82 Å². The molecule has 0 saturated carbocycles. The van der Waals surface area contributed by atoms with Crippen LogP contribution in [0.4, 0.5) is 15.8 Å². The van der Waals surface area contributed by atoms with Crippen molar-refractivity contribution in [3.05, 3.63) is 74.4 Å². The quantitative estimate of drug-likeness (QED) is 0.352. The van der Waals surface area contributed by atoms with Crippen LogP contribution in [0, 0.1) is 15.9 Å². The molecule has 2 aromatic carbocycles. The Morgan fingerprint density at radius 1 is 1.16 bits per heavy atom. The van der Waals surface area contributed by atoms with Crippen molar-refractivity contribution in [3.63, 3.8) is 0 Å². The van der Waals surface area contributed by atoms with Crippen molar-refractivity contribution in [2.75, 3.05) is 5.32 Å². The molecule has 0 fully saturated rings. The van der Waals surface area contributed by atoms with E-state index in [0.717, 1.165) is 22.9 Å². The molecule has 1 N–H and O–H groups in total. The lowest BCUT2D eigenvalue weighted by molar-refractivity contribution is -0.387. The first-order valence-electron chi connectivity index (χ1n) is 9.57. The number of halogens is 1. The third-order valence-electron chi connectivity index (χ3n) is 4.57. The molecule has 0 bridgehead atoms. The maximum atomic E-state index is 13.5. The van der Waals surface area contributed by atoms with Gasteiger partial charge in [-0.05, 0) is 39.0 Å². The molecule has 10 nitrogen and oxygen atoms in total. The van der Waals surface area contributed by atoms with Crippen molar-refractivity contribution in [2.24, 2.45) is 0 Å². The first-order valence-corrected chi connectivity index (χ1v) is 9.57. The Morgan fingerprint density at radius 3 is 2.44 bits per heavy atom. The number of rotatable bonds is 6. The van der Waals surface area contributed by atoms with Gasteiger partial charge in [0.05, 0.1) is 16.4 Å². The number of anilines is 1. The molecule has 0 radical (unpaired) electrons. The van der Waals surface area contributed by atoms with Crippen LogP contribution in [0.3, 0.4) is 0 Å². The van der Waals surface area contributed by atoms with Gasteiger partial charge in [-0.2, -0.15) is 9.49 Å². The minimum absolute atomic E-state index is 0.0390. The SMILES string of the molecule is CC(OC(=O)c1nn(C(C)C)c(=O)c2ccccc12)C(=O)Nc1ccc(F)c([N+](=O)[O-])c1. The van der Waals surface area contributed by atoms with E-state index in [1.165, 1.54) is 6.92 Å². The molecule has 1 unspecified atom stereocenters. The monoisotopic (exact) mass is 442 g/mol. The number of hydrogen-bond donors (Lipinski definition) is 1. The molecule has 0 aliphatic rings. The van der Waals surface area contributed by atoms with Crippen LogP contribution in [0.2, 0.25) is 0 Å². The molecule has 0 spiro atoms. The summed E-state index contributed by atoms with van der Waals surface area (Å²) in [5.74, 6) is -2.77. The van der Waals surface area contributed by atoms with E-state index >= 15 is 0 Å². The molecular weight excluding hydrogens is 423 g/mol. The molecule has 3 rings (SSSR count). The van der Waals surface area contributed by atoms with E-state index in [-0.39, 0.29) is 33.8 Å². The molecule has 0 aliphatic carbocycles. The molecule has 0 aliphatic heterocycles. The highest BCUT2D eigenvalue weighted by Crippen LogP contribution is 2.22. The Labute approximate surface area is 180 Å². The van der Waals surface area contributed by atoms with Gasteiger partial charge in [-0.3, -0.25) is 19.7 Å². The van der Waals surface area contributed by atoms with E-state index in [9.17, 15) is 28.9 Å². The summed E-state index contributed by atoms with van der Waals surface area (Å²) in [6, 6.07) is 8.92. The number of esters is 1. The molecule has 1 aromatic heterocycles. The molecule has 3 aromatic rings. The number of ether oxygens (including phenoxy) is 1. The second-order valence-electron chi connectivity index (χ2n) is 7.20. The van der Waals surface area contributed by atoms with Crippen molar-refractivity contribution in [1.29, 1.82) is 0 Å².